The van der Waals surface area contributed by atoms with Gasteiger partial charge in [0.15, 0.2) is 5.60 Å². The number of rotatable bonds is 10. The largest absolute Gasteiger partial charge is 0.487 e. The van der Waals surface area contributed by atoms with Crippen LogP contribution in [0.3, 0.4) is 0 Å². The zero-order valence-corrected chi connectivity index (χ0v) is 32.2. The van der Waals surface area contributed by atoms with Crippen LogP contribution in [-0.4, -0.2) is 62.9 Å². The summed E-state index contributed by atoms with van der Waals surface area (Å²) in [6.45, 7) is 3.49. The van der Waals surface area contributed by atoms with Crippen molar-refractivity contribution in [3.63, 3.8) is 0 Å². The average Bonchev–Trinajstić information content (AvgIpc) is 3.32. The van der Waals surface area contributed by atoms with Crippen LogP contribution in [0.5, 0.6) is 5.75 Å². The summed E-state index contributed by atoms with van der Waals surface area (Å²) in [5, 5.41) is 29.9. The van der Waals surface area contributed by atoms with E-state index in [4.69, 9.17) is 30.8 Å². The van der Waals surface area contributed by atoms with Gasteiger partial charge in [0.25, 0.3) is 5.79 Å². The van der Waals surface area contributed by atoms with Crippen molar-refractivity contribution >= 4 is 41.1 Å². The van der Waals surface area contributed by atoms with Crippen molar-refractivity contribution in [1.29, 1.82) is 0 Å². The van der Waals surface area contributed by atoms with Crippen LogP contribution in [0.25, 0.3) is 11.6 Å². The monoisotopic (exact) mass is 794 g/mol. The van der Waals surface area contributed by atoms with Crippen LogP contribution in [0.15, 0.2) is 48.2 Å². The van der Waals surface area contributed by atoms with E-state index in [1.807, 2.05) is 19.1 Å². The Hall–Kier alpha value is -2.64. The summed E-state index contributed by atoms with van der Waals surface area (Å²) in [4.78, 5) is 50.0. The van der Waals surface area contributed by atoms with Crippen LogP contribution in [0, 0.1) is 35.5 Å². The molecular formula is C38H40ClNO10Y. The number of aliphatic carboxylic acids is 2. The first-order valence-corrected chi connectivity index (χ1v) is 17.7. The van der Waals surface area contributed by atoms with Gasteiger partial charge in [-0.2, -0.15) is 4.89 Å². The van der Waals surface area contributed by atoms with E-state index >= 15 is 0 Å². The molecule has 9 rings (SSSR count). The summed E-state index contributed by atoms with van der Waals surface area (Å²) in [6, 6.07) is 10.3. The van der Waals surface area contributed by atoms with E-state index in [1.165, 1.54) is 17.4 Å². The van der Waals surface area contributed by atoms with Crippen LogP contribution in [0.2, 0.25) is 5.02 Å². The third-order valence-electron chi connectivity index (χ3n) is 12.4. The molecule has 11 nitrogen and oxygen atoms in total. The predicted octanol–water partition coefficient (Wildman–Crippen LogP) is 5.62. The molecular weight excluding hydrogens is 755 g/mol. The number of β-lactam (4-membered cyclic amide) rings is 1. The quantitative estimate of drug-likeness (QED) is 0.157. The summed E-state index contributed by atoms with van der Waals surface area (Å²) < 4.78 is 12.6. The smallest absolute Gasteiger partial charge is 0.352 e. The van der Waals surface area contributed by atoms with E-state index in [9.17, 15) is 29.7 Å². The van der Waals surface area contributed by atoms with Crippen LogP contribution in [-0.2, 0) is 74.0 Å². The molecule has 4 aliphatic carbocycles. The van der Waals surface area contributed by atoms with Crippen molar-refractivity contribution in [2.45, 2.75) is 76.1 Å². The fraction of sp³-hybridized carbons (Fsp3) is 0.500. The van der Waals surface area contributed by atoms with E-state index in [-0.39, 0.29) is 79.4 Å². The Kier molecular flexibility index (Phi) is 9.60. The van der Waals surface area contributed by atoms with Crippen molar-refractivity contribution in [3.8, 4) is 5.75 Å². The second-order valence-electron chi connectivity index (χ2n) is 14.9. The maximum Gasteiger partial charge on any atom is 0.352 e. The number of methoxy groups -OCH3 is 1. The molecule has 0 aromatic heterocycles. The molecule has 4 saturated carbocycles. The van der Waals surface area contributed by atoms with Crippen molar-refractivity contribution in [2.24, 2.45) is 35.5 Å². The normalized spacial score (nSPS) is 35.0. The Balaban J connectivity index is 0.00000406. The van der Waals surface area contributed by atoms with Crippen LogP contribution in [0.1, 0.15) is 68.2 Å². The molecule has 6 fully saturated rings. The molecule has 1 radical (unpaired) electrons. The van der Waals surface area contributed by atoms with Crippen molar-refractivity contribution in [1.82, 2.24) is 4.90 Å². The summed E-state index contributed by atoms with van der Waals surface area (Å²) in [5.41, 5.74) is 2.22. The van der Waals surface area contributed by atoms with Gasteiger partial charge in [-0.15, -0.1) is 0 Å². The number of hydrogen-bond acceptors (Lipinski definition) is 8. The van der Waals surface area contributed by atoms with Gasteiger partial charge in [0.05, 0.1) is 23.1 Å². The average molecular weight is 795 g/mol. The van der Waals surface area contributed by atoms with E-state index in [1.54, 1.807) is 38.3 Å². The molecule has 7 aliphatic rings. The first-order chi connectivity index (χ1) is 23.9. The molecule has 13 heteroatoms. The second kappa shape index (κ2) is 13.3. The SMILES string of the molecule is COC1(c2ccc(/C=C/C(=O)O)c(OCc3ccc(C4=C(C(=O)O)N5C(=O)[C@H]([C@@H](C)O)[C@H]5[C@H]4C)cc3)c2Cl)OOC12C1CC3CC(C1)CC2C3.[Y]. The Morgan fingerprint density at radius 2 is 1.69 bits per heavy atom. The molecule has 3 heterocycles. The van der Waals surface area contributed by atoms with E-state index in [0.29, 0.717) is 34.1 Å². The molecule has 2 aromatic rings. The minimum Gasteiger partial charge on any atom is -0.487 e. The number of aliphatic hydroxyl groups excluding tert-OH is 1. The first kappa shape index (κ1) is 36.7. The summed E-state index contributed by atoms with van der Waals surface area (Å²) in [6.07, 6.45) is 7.05. The summed E-state index contributed by atoms with van der Waals surface area (Å²) >= 11 is 7.19. The van der Waals surface area contributed by atoms with Gasteiger partial charge in [0.2, 0.25) is 5.91 Å². The van der Waals surface area contributed by atoms with Gasteiger partial charge in [-0.3, -0.25) is 4.79 Å². The van der Waals surface area contributed by atoms with Gasteiger partial charge in [-0.25, -0.2) is 14.5 Å². The molecule has 2 saturated heterocycles. The minimum absolute atomic E-state index is 0. The fourth-order valence-corrected chi connectivity index (χ4v) is 10.8. The van der Waals surface area contributed by atoms with Crippen LogP contribution in [0.4, 0.5) is 0 Å². The van der Waals surface area contributed by atoms with E-state index in [0.717, 1.165) is 37.3 Å². The van der Waals surface area contributed by atoms with E-state index in [2.05, 4.69) is 0 Å². The number of ether oxygens (including phenoxy) is 2. The molecule has 5 atom stereocenters. The zero-order chi connectivity index (χ0) is 35.3. The van der Waals surface area contributed by atoms with Gasteiger partial charge in [0, 0.05) is 62.9 Å². The van der Waals surface area contributed by atoms with Crippen molar-refractivity contribution < 1.29 is 81.7 Å². The number of carbonyl (C=O) groups is 3. The Labute approximate surface area is 325 Å². The topological polar surface area (TPSA) is 152 Å². The Morgan fingerprint density at radius 3 is 2.22 bits per heavy atom. The Morgan fingerprint density at radius 1 is 1.04 bits per heavy atom. The molecule has 51 heavy (non-hydrogen) atoms. The number of carbonyl (C=O) groups excluding carboxylic acids is 1. The van der Waals surface area contributed by atoms with Gasteiger partial charge in [0.1, 0.15) is 18.1 Å². The number of carboxylic acid groups (broad SMARTS) is 2. The predicted molar refractivity (Wildman–Crippen MR) is 179 cm³/mol. The molecule has 267 valence electrons. The summed E-state index contributed by atoms with van der Waals surface area (Å²) in [5.74, 6) is -2.73. The molecule has 4 bridgehead atoms. The molecule has 1 unspecified atom stereocenters. The molecule has 2 aromatic carbocycles. The maximum absolute atomic E-state index is 12.8. The zero-order valence-electron chi connectivity index (χ0n) is 28.6. The first-order valence-electron chi connectivity index (χ1n) is 17.3. The maximum atomic E-state index is 12.8. The van der Waals surface area contributed by atoms with Gasteiger partial charge in [-0.05, 0) is 85.5 Å². The Bertz CT molecular complexity index is 1810. The molecule has 1 spiro atoms. The summed E-state index contributed by atoms with van der Waals surface area (Å²) in [7, 11) is 1.60. The van der Waals surface area contributed by atoms with Crippen LogP contribution >= 0.6 is 11.6 Å². The number of nitrogens with zero attached hydrogens (tertiary/aromatic N) is 1. The van der Waals surface area contributed by atoms with Gasteiger partial charge < -0.3 is 29.7 Å². The standard InChI is InChI=1S/C38H40ClNO10.Y/c1-18-29(33(36(45)46)40-32(18)30(19(2)41)35(40)44)23-6-4-20(5-7-23)17-48-34-24(9-11-28(42)43)8-10-27(31(34)39)38(47-3)37(49-50-38)25-13-21-12-22(15-25)16-26(37)14-21;/h4-11,18-19,21-22,25-26,30,32,41H,12-17H2,1-3H3,(H,42,43)(H,45,46);/b11-9+;/t18-,19+,21?,22?,25?,26?,30+,32+,37?,38?;/m0./s1. The minimum atomic E-state index is -1.25. The van der Waals surface area contributed by atoms with Crippen molar-refractivity contribution in [3.05, 3.63) is 75.4 Å². The number of fused-ring (bicyclic) bond motifs is 1. The van der Waals surface area contributed by atoms with E-state index < -0.39 is 41.4 Å². The molecule has 3 aliphatic heterocycles. The molecule has 1 amide bonds. The third kappa shape index (κ3) is 5.32. The van der Waals surface area contributed by atoms with Crippen molar-refractivity contribution in [2.75, 3.05) is 7.11 Å². The van der Waals surface area contributed by atoms with Gasteiger partial charge >= 0.3 is 11.9 Å². The molecule has 3 N–H and O–H groups in total. The number of hydrogen-bond donors (Lipinski definition) is 3. The second-order valence-corrected chi connectivity index (χ2v) is 15.3. The van der Waals surface area contributed by atoms with Gasteiger partial charge in [-0.1, -0.05) is 54.9 Å². The van der Waals surface area contributed by atoms with Crippen LogP contribution < -0.4 is 4.74 Å². The number of aliphatic hydroxyl groups is 1. The fourth-order valence-electron chi connectivity index (χ4n) is 10.5. The number of halogens is 1. The number of carboxylic acids is 2. The number of benzene rings is 2. The number of amides is 1. The third-order valence-corrected chi connectivity index (χ3v) is 12.7.